The van der Waals surface area contributed by atoms with Crippen molar-refractivity contribution in [1.29, 1.82) is 0 Å². The molecular formula is C32H49NO5. The number of aliphatic imine (C=N–C) groups is 1. The maximum Gasteiger partial charge on any atom is 0.188 e. The molecule has 212 valence electrons. The standard InChI is InChI=1S/C32H49NO5/c1-10-12-25(33-15-11-2)38-28-20(5)13-14-31-21(6)16-24-26(30(24,7)8)23(27(31)34)17-22(18-37-19(3)4)29(36-9)32(28,31)35/h11,13-15,17,19-21,23-24,26,28-29,35H,10,12,16,18H2,1-9H3/b15-11-,33-25+/t20?,21-,23+,24?,26?,28+,29-,31+,32-/m1/s1. The summed E-state index contributed by atoms with van der Waals surface area (Å²) in [5.41, 5.74) is -1.87. The average molecular weight is 528 g/mol. The van der Waals surface area contributed by atoms with Crippen LogP contribution in [-0.4, -0.2) is 54.4 Å². The van der Waals surface area contributed by atoms with E-state index in [9.17, 15) is 9.90 Å². The second kappa shape index (κ2) is 10.7. The Bertz CT molecular complexity index is 1020. The van der Waals surface area contributed by atoms with Gasteiger partial charge < -0.3 is 19.3 Å². The number of hydrogen-bond acceptors (Lipinski definition) is 6. The van der Waals surface area contributed by atoms with Crippen molar-refractivity contribution in [3.8, 4) is 0 Å². The maximum atomic E-state index is 14.9. The van der Waals surface area contributed by atoms with Crippen LogP contribution in [0.4, 0.5) is 0 Å². The number of aliphatic hydroxyl groups is 1. The van der Waals surface area contributed by atoms with Crippen LogP contribution in [0, 0.1) is 40.4 Å². The Morgan fingerprint density at radius 3 is 2.61 bits per heavy atom. The normalized spacial score (nSPS) is 41.9. The minimum atomic E-state index is -1.64. The first-order valence-electron chi connectivity index (χ1n) is 14.6. The third-order valence-corrected chi connectivity index (χ3v) is 9.90. The van der Waals surface area contributed by atoms with Gasteiger partial charge in [0.25, 0.3) is 0 Å². The number of ether oxygens (including phenoxy) is 3. The van der Waals surface area contributed by atoms with Crippen LogP contribution in [0.25, 0.3) is 0 Å². The van der Waals surface area contributed by atoms with Crippen LogP contribution in [-0.2, 0) is 19.0 Å². The average Bonchev–Trinajstić information content (AvgIpc) is 3.43. The lowest BCUT2D eigenvalue weighted by Crippen LogP contribution is -2.71. The van der Waals surface area contributed by atoms with Gasteiger partial charge in [-0.25, -0.2) is 4.99 Å². The van der Waals surface area contributed by atoms with Gasteiger partial charge in [0.15, 0.2) is 11.7 Å². The van der Waals surface area contributed by atoms with Gasteiger partial charge in [-0.2, -0.15) is 0 Å². The highest BCUT2D eigenvalue weighted by atomic mass is 16.5. The van der Waals surface area contributed by atoms with Gasteiger partial charge in [-0.3, -0.25) is 4.79 Å². The van der Waals surface area contributed by atoms with Crippen LogP contribution in [0.5, 0.6) is 0 Å². The van der Waals surface area contributed by atoms with Gasteiger partial charge in [0.05, 0.1) is 18.1 Å². The van der Waals surface area contributed by atoms with Crippen molar-refractivity contribution in [2.24, 2.45) is 45.4 Å². The number of methoxy groups -OCH3 is 1. The van der Waals surface area contributed by atoms with Crippen molar-refractivity contribution in [3.05, 3.63) is 36.1 Å². The summed E-state index contributed by atoms with van der Waals surface area (Å²) in [6.07, 6.45) is 10.7. The third kappa shape index (κ3) is 4.35. The molecule has 0 aliphatic heterocycles. The van der Waals surface area contributed by atoms with E-state index in [0.717, 1.165) is 18.4 Å². The van der Waals surface area contributed by atoms with E-state index in [0.29, 0.717) is 24.8 Å². The highest BCUT2D eigenvalue weighted by Gasteiger charge is 2.75. The molecule has 0 heterocycles. The number of allylic oxidation sites excluding steroid dienone is 2. The fourth-order valence-corrected chi connectivity index (χ4v) is 7.94. The zero-order chi connectivity index (χ0) is 28.0. The fraction of sp³-hybridized carbons (Fsp3) is 0.750. The molecule has 4 aliphatic carbocycles. The lowest BCUT2D eigenvalue weighted by molar-refractivity contribution is -0.219. The zero-order valence-electron chi connectivity index (χ0n) is 24.9. The molecule has 4 rings (SSSR count). The quantitative estimate of drug-likeness (QED) is 0.241. The van der Waals surface area contributed by atoms with E-state index >= 15 is 0 Å². The number of Topliss-reactive ketones (excluding diaryl/α,β-unsaturated/α-hetero) is 1. The van der Waals surface area contributed by atoms with Gasteiger partial charge in [0, 0.05) is 31.6 Å². The van der Waals surface area contributed by atoms with E-state index in [1.807, 2.05) is 39.8 Å². The molecule has 0 aromatic heterocycles. The van der Waals surface area contributed by atoms with Crippen molar-refractivity contribution in [1.82, 2.24) is 0 Å². The van der Waals surface area contributed by atoms with Crippen molar-refractivity contribution in [2.75, 3.05) is 13.7 Å². The van der Waals surface area contributed by atoms with Gasteiger partial charge in [-0.05, 0) is 62.4 Å². The maximum absolute atomic E-state index is 14.9. The first-order valence-corrected chi connectivity index (χ1v) is 14.6. The SMILES string of the molecule is C/C=C\N=C(/CCC)O[C@H]1C(C)C=C[C@]23C(=O)[C@@H](C=C(COC(C)C)[C@@H](OC)[C@]12O)C1C(C[C@H]3C)C1(C)C. The molecule has 1 N–H and O–H groups in total. The van der Waals surface area contributed by atoms with Gasteiger partial charge in [-0.1, -0.05) is 58.9 Å². The van der Waals surface area contributed by atoms with Crippen LogP contribution in [0.15, 0.2) is 41.1 Å². The number of nitrogens with zero attached hydrogens (tertiary/aromatic N) is 1. The molecule has 6 nitrogen and oxygen atoms in total. The molecule has 0 amide bonds. The molecule has 0 aromatic rings. The van der Waals surface area contributed by atoms with Crippen molar-refractivity contribution in [3.63, 3.8) is 0 Å². The molecule has 6 heteroatoms. The van der Waals surface area contributed by atoms with Crippen LogP contribution in [0.3, 0.4) is 0 Å². The predicted molar refractivity (Wildman–Crippen MR) is 151 cm³/mol. The number of rotatable bonds is 8. The monoisotopic (exact) mass is 527 g/mol. The summed E-state index contributed by atoms with van der Waals surface area (Å²) in [5, 5.41) is 13.2. The Labute approximate surface area is 229 Å². The van der Waals surface area contributed by atoms with Gasteiger partial charge in [0.2, 0.25) is 0 Å². The van der Waals surface area contributed by atoms with Crippen LogP contribution < -0.4 is 0 Å². The molecule has 2 bridgehead atoms. The molecule has 2 saturated carbocycles. The topological polar surface area (TPSA) is 77.4 Å². The molecule has 2 fully saturated rings. The first-order chi connectivity index (χ1) is 17.9. The molecule has 1 spiro atoms. The third-order valence-electron chi connectivity index (χ3n) is 9.90. The molecule has 0 aromatic carbocycles. The smallest absolute Gasteiger partial charge is 0.188 e. The molecule has 9 atom stereocenters. The van der Waals surface area contributed by atoms with Crippen LogP contribution in [0.1, 0.15) is 74.7 Å². The minimum Gasteiger partial charge on any atom is -0.474 e. The van der Waals surface area contributed by atoms with Crippen molar-refractivity contribution < 1.29 is 24.1 Å². The summed E-state index contributed by atoms with van der Waals surface area (Å²) < 4.78 is 19.0. The van der Waals surface area contributed by atoms with Gasteiger partial charge >= 0.3 is 0 Å². The second-order valence-electron chi connectivity index (χ2n) is 12.9. The molecule has 3 unspecified atom stereocenters. The molecule has 38 heavy (non-hydrogen) atoms. The molecular weight excluding hydrogens is 478 g/mol. The molecule has 0 radical (unpaired) electrons. The van der Waals surface area contributed by atoms with E-state index < -0.39 is 23.2 Å². The summed E-state index contributed by atoms with van der Waals surface area (Å²) in [5.74, 6) is 0.774. The van der Waals surface area contributed by atoms with E-state index in [2.05, 4.69) is 44.8 Å². The first kappa shape index (κ1) is 29.2. The van der Waals surface area contributed by atoms with E-state index in [4.69, 9.17) is 14.2 Å². The minimum absolute atomic E-state index is 0.00324. The highest BCUT2D eigenvalue weighted by molar-refractivity contribution is 5.94. The second-order valence-corrected chi connectivity index (χ2v) is 12.9. The Kier molecular flexibility index (Phi) is 8.20. The summed E-state index contributed by atoms with van der Waals surface area (Å²) in [6.45, 7) is 17.0. The number of hydrogen-bond donors (Lipinski definition) is 1. The molecule has 0 saturated heterocycles. The predicted octanol–water partition coefficient (Wildman–Crippen LogP) is 5.90. The van der Waals surface area contributed by atoms with Crippen LogP contribution >= 0.6 is 0 Å². The number of carbonyl (C=O) groups excluding carboxylic acids is 1. The Morgan fingerprint density at radius 1 is 1.29 bits per heavy atom. The summed E-state index contributed by atoms with van der Waals surface area (Å²) in [4.78, 5) is 19.4. The summed E-state index contributed by atoms with van der Waals surface area (Å²) >= 11 is 0. The molecule has 4 aliphatic rings. The fourth-order valence-electron chi connectivity index (χ4n) is 7.94. The summed E-state index contributed by atoms with van der Waals surface area (Å²) in [7, 11) is 1.63. The Balaban J connectivity index is 1.94. The number of ketones is 1. The Morgan fingerprint density at radius 2 is 2.00 bits per heavy atom. The zero-order valence-corrected chi connectivity index (χ0v) is 24.9. The van der Waals surface area contributed by atoms with E-state index in [-0.39, 0.29) is 41.0 Å². The highest BCUT2D eigenvalue weighted by Crippen LogP contribution is 2.71. The lowest BCUT2D eigenvalue weighted by atomic mass is 9.52. The van der Waals surface area contributed by atoms with E-state index in [1.54, 1.807) is 13.3 Å². The largest absolute Gasteiger partial charge is 0.474 e. The van der Waals surface area contributed by atoms with Gasteiger partial charge in [0.1, 0.15) is 17.8 Å². The van der Waals surface area contributed by atoms with Crippen LogP contribution in [0.2, 0.25) is 0 Å². The van der Waals surface area contributed by atoms with Crippen molar-refractivity contribution in [2.45, 2.75) is 98.6 Å². The lowest BCUT2D eigenvalue weighted by Gasteiger charge is -2.57. The number of fused-ring (bicyclic) bond motifs is 3. The summed E-state index contributed by atoms with van der Waals surface area (Å²) in [6, 6.07) is 0. The van der Waals surface area contributed by atoms with Gasteiger partial charge in [-0.15, -0.1) is 0 Å². The number of carbonyl (C=O) groups is 1. The van der Waals surface area contributed by atoms with Crippen molar-refractivity contribution >= 4 is 11.7 Å². The Hall–Kier alpha value is -1.76. The van der Waals surface area contributed by atoms with E-state index in [1.165, 1.54) is 0 Å².